The molecular formula is C17H26N4O2S. The molecular weight excluding hydrogens is 324 g/mol. The second-order valence-corrected chi connectivity index (χ2v) is 8.44. The first-order valence-corrected chi connectivity index (χ1v) is 9.67. The average Bonchev–Trinajstić information content (AvgIpc) is 3.27. The van der Waals surface area contributed by atoms with Gasteiger partial charge in [0.05, 0.1) is 17.8 Å². The van der Waals surface area contributed by atoms with Gasteiger partial charge in [-0.2, -0.15) is 0 Å². The molecule has 1 aliphatic carbocycles. The van der Waals surface area contributed by atoms with Gasteiger partial charge in [0, 0.05) is 44.6 Å². The summed E-state index contributed by atoms with van der Waals surface area (Å²) in [7, 11) is 1.71. The van der Waals surface area contributed by atoms with Gasteiger partial charge in [-0.25, -0.2) is 4.98 Å². The van der Waals surface area contributed by atoms with Crippen molar-refractivity contribution in [2.45, 2.75) is 38.0 Å². The molecule has 2 saturated heterocycles. The fraction of sp³-hybridized carbons (Fsp3) is 0.765. The van der Waals surface area contributed by atoms with Crippen LogP contribution in [0.3, 0.4) is 0 Å². The Kier molecular flexibility index (Phi) is 4.36. The lowest BCUT2D eigenvalue weighted by atomic mass is 9.90. The van der Waals surface area contributed by atoms with Crippen LogP contribution in [0.4, 0.5) is 0 Å². The molecule has 3 aliphatic rings. The van der Waals surface area contributed by atoms with E-state index < -0.39 is 0 Å². The van der Waals surface area contributed by atoms with Crippen LogP contribution in [0, 0.1) is 12.8 Å². The smallest absolute Gasteiger partial charge is 0.239 e. The number of thiazole rings is 1. The van der Waals surface area contributed by atoms with Gasteiger partial charge >= 0.3 is 0 Å². The number of hydrogen-bond donors (Lipinski definition) is 1. The van der Waals surface area contributed by atoms with Gasteiger partial charge in [0.2, 0.25) is 5.91 Å². The zero-order valence-corrected chi connectivity index (χ0v) is 15.3. The second-order valence-electron chi connectivity index (χ2n) is 7.50. The Hall–Kier alpha value is -1.02. The fourth-order valence-corrected chi connectivity index (χ4v) is 4.69. The summed E-state index contributed by atoms with van der Waals surface area (Å²) >= 11 is 1.73. The molecule has 132 valence electrons. The Labute approximate surface area is 147 Å². The van der Waals surface area contributed by atoms with Crippen molar-refractivity contribution in [1.29, 1.82) is 0 Å². The van der Waals surface area contributed by atoms with Crippen molar-refractivity contribution < 1.29 is 9.53 Å². The average molecular weight is 350 g/mol. The molecule has 1 aromatic rings. The van der Waals surface area contributed by atoms with Crippen molar-refractivity contribution in [1.82, 2.24) is 20.1 Å². The zero-order chi connectivity index (χ0) is 16.7. The summed E-state index contributed by atoms with van der Waals surface area (Å²) in [5, 5.41) is 2.79. The number of aryl methyl sites for hydroxylation is 1. The minimum absolute atomic E-state index is 0.0852. The van der Waals surface area contributed by atoms with Crippen molar-refractivity contribution in [3.63, 3.8) is 0 Å². The van der Waals surface area contributed by atoms with E-state index in [1.807, 2.05) is 5.51 Å². The molecule has 2 aliphatic heterocycles. The Balaban J connectivity index is 1.37. The largest absolute Gasteiger partial charge is 0.369 e. The van der Waals surface area contributed by atoms with Crippen molar-refractivity contribution in [2.75, 3.05) is 39.8 Å². The van der Waals surface area contributed by atoms with E-state index in [4.69, 9.17) is 4.74 Å². The van der Waals surface area contributed by atoms with Crippen LogP contribution in [0.2, 0.25) is 0 Å². The van der Waals surface area contributed by atoms with Gasteiger partial charge in [0.1, 0.15) is 11.6 Å². The van der Waals surface area contributed by atoms with E-state index in [0.717, 1.165) is 44.3 Å². The zero-order valence-electron chi connectivity index (χ0n) is 14.5. The van der Waals surface area contributed by atoms with E-state index in [1.165, 1.54) is 17.7 Å². The number of likely N-dealkylation sites (tertiary alicyclic amines) is 1. The molecule has 0 aromatic carbocycles. The number of morpholine rings is 1. The minimum Gasteiger partial charge on any atom is -0.369 e. The molecule has 1 N–H and O–H groups in total. The molecule has 6 nitrogen and oxygen atoms in total. The van der Waals surface area contributed by atoms with Crippen LogP contribution < -0.4 is 5.32 Å². The van der Waals surface area contributed by atoms with Crippen LogP contribution in [-0.2, 0) is 16.1 Å². The van der Waals surface area contributed by atoms with Crippen LogP contribution >= 0.6 is 11.3 Å². The maximum absolute atomic E-state index is 12.2. The van der Waals surface area contributed by atoms with Gasteiger partial charge in [0.15, 0.2) is 0 Å². The number of likely N-dealkylation sites (N-methyl/N-ethyl adjacent to an activating group) is 1. The van der Waals surface area contributed by atoms with E-state index in [9.17, 15) is 4.79 Å². The predicted molar refractivity (Wildman–Crippen MR) is 93.0 cm³/mol. The van der Waals surface area contributed by atoms with E-state index in [1.54, 1.807) is 18.4 Å². The molecule has 1 amide bonds. The van der Waals surface area contributed by atoms with E-state index in [0.29, 0.717) is 6.61 Å². The lowest BCUT2D eigenvalue weighted by Crippen LogP contribution is -2.72. The highest BCUT2D eigenvalue weighted by molar-refractivity contribution is 7.09. The quantitative estimate of drug-likeness (QED) is 0.854. The van der Waals surface area contributed by atoms with Gasteiger partial charge in [-0.15, -0.1) is 11.3 Å². The molecule has 1 spiro atoms. The van der Waals surface area contributed by atoms with Crippen LogP contribution in [0.5, 0.6) is 0 Å². The topological polar surface area (TPSA) is 57.7 Å². The normalized spacial score (nSPS) is 27.2. The third-order valence-electron chi connectivity index (χ3n) is 5.45. The number of carbonyl (C=O) groups excluding carboxylic acids is 1. The second kappa shape index (κ2) is 6.37. The molecule has 0 bridgehead atoms. The van der Waals surface area contributed by atoms with E-state index >= 15 is 0 Å². The van der Waals surface area contributed by atoms with Gasteiger partial charge in [-0.1, -0.05) is 0 Å². The van der Waals surface area contributed by atoms with Gasteiger partial charge in [0.25, 0.3) is 0 Å². The summed E-state index contributed by atoms with van der Waals surface area (Å²) in [4.78, 5) is 22.6. The Morgan fingerprint density at radius 2 is 2.25 bits per heavy atom. The maximum atomic E-state index is 12.2. The van der Waals surface area contributed by atoms with Gasteiger partial charge < -0.3 is 10.1 Å². The summed E-state index contributed by atoms with van der Waals surface area (Å²) in [6.07, 6.45) is 2.61. The summed E-state index contributed by atoms with van der Waals surface area (Å²) in [5.74, 6) is 0.866. The number of hydrogen-bond acceptors (Lipinski definition) is 6. The highest BCUT2D eigenvalue weighted by atomic mass is 32.1. The Morgan fingerprint density at radius 3 is 2.88 bits per heavy atom. The van der Waals surface area contributed by atoms with Crippen molar-refractivity contribution >= 4 is 17.2 Å². The number of carbonyl (C=O) groups is 1. The van der Waals surface area contributed by atoms with Crippen LogP contribution in [-0.4, -0.2) is 72.2 Å². The predicted octanol–water partition coefficient (Wildman–Crippen LogP) is 0.863. The number of rotatable bonds is 5. The number of nitrogens with zero attached hydrogens (tertiary/aromatic N) is 3. The van der Waals surface area contributed by atoms with Crippen LogP contribution in [0.1, 0.15) is 23.4 Å². The molecule has 3 heterocycles. The first-order chi connectivity index (χ1) is 11.6. The summed E-state index contributed by atoms with van der Waals surface area (Å²) in [6, 6.07) is -0.126. The van der Waals surface area contributed by atoms with Crippen molar-refractivity contribution in [3.05, 3.63) is 16.1 Å². The molecule has 1 atom stereocenters. The minimum atomic E-state index is -0.126. The van der Waals surface area contributed by atoms with Crippen molar-refractivity contribution in [3.8, 4) is 0 Å². The highest BCUT2D eigenvalue weighted by Gasteiger charge is 2.51. The molecule has 1 unspecified atom stereocenters. The summed E-state index contributed by atoms with van der Waals surface area (Å²) in [6.45, 7) is 7.36. The first-order valence-electron chi connectivity index (χ1n) is 8.79. The number of ether oxygens (including phenoxy) is 1. The Bertz CT molecular complexity index is 609. The van der Waals surface area contributed by atoms with E-state index in [-0.39, 0.29) is 17.6 Å². The third-order valence-corrected chi connectivity index (χ3v) is 6.37. The standard InChI is InChI=1S/C17H26N4O2S/c1-12-15(24-11-19-12)6-20-8-17(9-20)10-21(5-13-3-4-13)14(7-23-17)16(22)18-2/h11,13-14H,3-10H2,1-2H3,(H,18,22). The third kappa shape index (κ3) is 3.22. The fourth-order valence-electron chi connectivity index (χ4n) is 3.87. The lowest BCUT2D eigenvalue weighted by Gasteiger charge is -2.55. The van der Waals surface area contributed by atoms with Crippen LogP contribution in [0.25, 0.3) is 0 Å². The number of amides is 1. The SMILES string of the molecule is CNC(=O)C1COC2(CN(Cc3scnc3C)C2)CN1CC1CC1. The Morgan fingerprint density at radius 1 is 1.46 bits per heavy atom. The molecule has 3 fully saturated rings. The number of aromatic nitrogens is 1. The first kappa shape index (κ1) is 16.4. The monoisotopic (exact) mass is 350 g/mol. The van der Waals surface area contributed by atoms with Gasteiger partial charge in [-0.05, 0) is 25.7 Å². The number of nitrogens with one attached hydrogen (secondary N) is 1. The maximum Gasteiger partial charge on any atom is 0.239 e. The van der Waals surface area contributed by atoms with Crippen LogP contribution in [0.15, 0.2) is 5.51 Å². The summed E-state index contributed by atoms with van der Waals surface area (Å²) < 4.78 is 6.19. The van der Waals surface area contributed by atoms with Gasteiger partial charge in [-0.3, -0.25) is 14.6 Å². The molecule has 1 saturated carbocycles. The summed E-state index contributed by atoms with van der Waals surface area (Å²) in [5.41, 5.74) is 2.97. The van der Waals surface area contributed by atoms with Crippen molar-refractivity contribution in [2.24, 2.45) is 5.92 Å². The molecule has 1 aromatic heterocycles. The molecule has 24 heavy (non-hydrogen) atoms. The molecule has 7 heteroatoms. The highest BCUT2D eigenvalue weighted by Crippen LogP contribution is 2.36. The van der Waals surface area contributed by atoms with E-state index in [2.05, 4.69) is 27.0 Å². The molecule has 4 rings (SSSR count). The lowest BCUT2D eigenvalue weighted by molar-refractivity contribution is -0.202. The molecule has 0 radical (unpaired) electrons.